The molecule has 2 amide bonds. The summed E-state index contributed by atoms with van der Waals surface area (Å²) in [5.41, 5.74) is 5.33. The molecule has 50 heavy (non-hydrogen) atoms. The van der Waals surface area contributed by atoms with Gasteiger partial charge in [0.05, 0.1) is 4.88 Å². The van der Waals surface area contributed by atoms with Crippen LogP contribution in [-0.2, 0) is 21.4 Å². The zero-order chi connectivity index (χ0) is 36.2. The Morgan fingerprint density at radius 1 is 0.800 bits per heavy atom. The molecule has 0 spiro atoms. The molecule has 0 radical (unpaired) electrons. The van der Waals surface area contributed by atoms with Crippen LogP contribution < -0.4 is 10.6 Å². The van der Waals surface area contributed by atoms with Gasteiger partial charge >= 0.3 is 5.97 Å². The molecule has 1 aliphatic carbocycles. The number of amides is 2. The van der Waals surface area contributed by atoms with Crippen LogP contribution in [-0.4, -0.2) is 44.9 Å². The summed E-state index contributed by atoms with van der Waals surface area (Å²) in [5, 5.41) is 14.7. The molecule has 1 aliphatic rings. The van der Waals surface area contributed by atoms with Crippen molar-refractivity contribution in [2.24, 2.45) is 11.3 Å². The van der Waals surface area contributed by atoms with Crippen LogP contribution in [0.1, 0.15) is 106 Å². The van der Waals surface area contributed by atoms with Crippen LogP contribution >= 0.6 is 11.3 Å². The fourth-order valence-corrected chi connectivity index (χ4v) is 7.54. The number of hydrogen-bond donors (Lipinski definition) is 3. The maximum Gasteiger partial charge on any atom is 0.325 e. The molecule has 1 saturated carbocycles. The number of carboxylic acids is 1. The summed E-state index contributed by atoms with van der Waals surface area (Å²) in [7, 11) is 0. The SMILES string of the molecule is C[C@@H](NC(=O)[C@H](Cc1ccc(-c2ncc(-c3ccc([C@H]4CC[C@@H](C(C)(C)C)CC4)cc3)cn2)cc1)NC(=O)c1ccc(C(C)(C)C)s1)C(=O)O. The predicted octanol–water partition coefficient (Wildman–Crippen LogP) is 8.42. The van der Waals surface area contributed by atoms with Crippen molar-refractivity contribution in [3.63, 3.8) is 0 Å². The third-order valence-corrected chi connectivity index (χ3v) is 11.4. The lowest BCUT2D eigenvalue weighted by atomic mass is 9.68. The first kappa shape index (κ1) is 36.9. The van der Waals surface area contributed by atoms with Crippen molar-refractivity contribution in [3.8, 4) is 22.5 Å². The fraction of sp³-hybridized carbons (Fsp3) is 0.439. The molecule has 9 heteroatoms. The Bertz CT molecular complexity index is 1780. The number of nitrogens with zero attached hydrogens (tertiary/aromatic N) is 2. The minimum atomic E-state index is -1.15. The van der Waals surface area contributed by atoms with Gasteiger partial charge in [-0.3, -0.25) is 14.4 Å². The van der Waals surface area contributed by atoms with Crippen molar-refractivity contribution in [1.29, 1.82) is 0 Å². The first-order valence-corrected chi connectivity index (χ1v) is 18.4. The van der Waals surface area contributed by atoms with E-state index in [-0.39, 0.29) is 17.7 Å². The minimum Gasteiger partial charge on any atom is -0.480 e. The Labute approximate surface area is 300 Å². The van der Waals surface area contributed by atoms with Gasteiger partial charge in [-0.15, -0.1) is 11.3 Å². The van der Waals surface area contributed by atoms with E-state index < -0.39 is 24.0 Å². The third kappa shape index (κ3) is 9.24. The number of carbonyl (C=O) groups is 3. The lowest BCUT2D eigenvalue weighted by molar-refractivity contribution is -0.141. The highest BCUT2D eigenvalue weighted by Crippen LogP contribution is 2.43. The van der Waals surface area contributed by atoms with Crippen molar-refractivity contribution in [3.05, 3.63) is 93.9 Å². The molecule has 0 saturated heterocycles. The maximum absolute atomic E-state index is 13.2. The molecule has 2 atom stereocenters. The van der Waals surface area contributed by atoms with E-state index in [4.69, 9.17) is 0 Å². The quantitative estimate of drug-likeness (QED) is 0.153. The molecule has 2 heterocycles. The average molecular weight is 695 g/mol. The van der Waals surface area contributed by atoms with Gasteiger partial charge in [-0.2, -0.15) is 0 Å². The highest BCUT2D eigenvalue weighted by molar-refractivity contribution is 7.14. The van der Waals surface area contributed by atoms with Gasteiger partial charge in [0.15, 0.2) is 5.82 Å². The Morgan fingerprint density at radius 2 is 1.40 bits per heavy atom. The molecule has 264 valence electrons. The van der Waals surface area contributed by atoms with Gasteiger partial charge in [-0.05, 0) is 84.1 Å². The molecule has 8 nitrogen and oxygen atoms in total. The highest BCUT2D eigenvalue weighted by Gasteiger charge is 2.30. The topological polar surface area (TPSA) is 121 Å². The smallest absolute Gasteiger partial charge is 0.325 e. The number of carbonyl (C=O) groups excluding carboxylic acids is 2. The van der Waals surface area contributed by atoms with Gasteiger partial charge in [-0.1, -0.05) is 90.1 Å². The van der Waals surface area contributed by atoms with E-state index in [0.29, 0.717) is 22.0 Å². The number of aromatic nitrogens is 2. The lowest BCUT2D eigenvalue weighted by Crippen LogP contribution is -2.51. The van der Waals surface area contributed by atoms with Gasteiger partial charge < -0.3 is 15.7 Å². The van der Waals surface area contributed by atoms with Crippen LogP contribution in [0, 0.1) is 11.3 Å². The number of benzene rings is 2. The second-order valence-electron chi connectivity index (χ2n) is 15.7. The van der Waals surface area contributed by atoms with Crippen LogP contribution in [0.15, 0.2) is 73.1 Å². The van der Waals surface area contributed by atoms with Gasteiger partial charge in [0.1, 0.15) is 12.1 Å². The maximum atomic E-state index is 13.2. The first-order valence-electron chi connectivity index (χ1n) is 17.5. The molecular formula is C41H50N4O4S. The van der Waals surface area contributed by atoms with E-state index in [2.05, 4.69) is 86.4 Å². The van der Waals surface area contributed by atoms with E-state index in [1.54, 1.807) is 6.07 Å². The molecule has 0 unspecified atom stereocenters. The number of nitrogens with one attached hydrogen (secondary N) is 2. The Morgan fingerprint density at radius 3 is 1.94 bits per heavy atom. The highest BCUT2D eigenvalue weighted by atomic mass is 32.1. The molecule has 0 bridgehead atoms. The number of aliphatic carboxylic acids is 1. The summed E-state index contributed by atoms with van der Waals surface area (Å²) in [5.74, 6) is -0.0905. The third-order valence-electron chi connectivity index (χ3n) is 9.89. The second kappa shape index (κ2) is 15.3. The van der Waals surface area contributed by atoms with E-state index >= 15 is 0 Å². The number of rotatable bonds is 10. The molecule has 3 N–H and O–H groups in total. The predicted molar refractivity (Wildman–Crippen MR) is 200 cm³/mol. The lowest BCUT2D eigenvalue weighted by Gasteiger charge is -2.37. The van der Waals surface area contributed by atoms with Crippen molar-refractivity contribution in [2.75, 3.05) is 0 Å². The van der Waals surface area contributed by atoms with Gasteiger partial charge in [-0.25, -0.2) is 9.97 Å². The zero-order valence-electron chi connectivity index (χ0n) is 30.2. The standard InChI is InChI=1S/C41H50N4O4S/c1-25(39(48)49)44-37(46)33(45-38(47)34-20-21-35(50-34)41(5,6)7)22-26-8-10-30(11-9-26)36-42-23-31(24-43-36)29-14-12-27(13-15-29)28-16-18-32(19-17-28)40(2,3)4/h8-15,20-21,23-25,28,32-33H,16-19,22H2,1-7H3,(H,44,46)(H,45,47)(H,48,49)/t25-,28-,32+,33+/m1/s1. The number of hydrogen-bond acceptors (Lipinski definition) is 6. The molecular weight excluding hydrogens is 645 g/mol. The molecule has 4 aromatic rings. The van der Waals surface area contributed by atoms with Gasteiger partial charge in [0, 0.05) is 34.8 Å². The van der Waals surface area contributed by atoms with Crippen molar-refractivity contribution in [1.82, 2.24) is 20.6 Å². The number of thiophene rings is 1. The number of carboxylic acid groups (broad SMARTS) is 1. The van der Waals surface area contributed by atoms with E-state index in [0.717, 1.165) is 33.0 Å². The van der Waals surface area contributed by atoms with E-state index in [1.807, 2.05) is 42.7 Å². The van der Waals surface area contributed by atoms with E-state index in [1.165, 1.54) is 49.5 Å². The van der Waals surface area contributed by atoms with Gasteiger partial charge in [0.25, 0.3) is 5.91 Å². The largest absolute Gasteiger partial charge is 0.480 e. The Balaban J connectivity index is 1.24. The second-order valence-corrected chi connectivity index (χ2v) is 16.8. The Kier molecular flexibility index (Phi) is 11.3. The summed E-state index contributed by atoms with van der Waals surface area (Å²) in [4.78, 5) is 48.6. The molecule has 0 aliphatic heterocycles. The van der Waals surface area contributed by atoms with Crippen molar-refractivity contribution in [2.45, 2.75) is 104 Å². The summed E-state index contributed by atoms with van der Waals surface area (Å²) in [6, 6.07) is 18.0. The van der Waals surface area contributed by atoms with Crippen LogP contribution in [0.25, 0.3) is 22.5 Å². The van der Waals surface area contributed by atoms with Crippen molar-refractivity contribution >= 4 is 29.1 Å². The summed E-state index contributed by atoms with van der Waals surface area (Å²) < 4.78 is 0. The van der Waals surface area contributed by atoms with Crippen LogP contribution in [0.2, 0.25) is 0 Å². The zero-order valence-corrected chi connectivity index (χ0v) is 31.1. The first-order chi connectivity index (χ1) is 23.6. The summed E-state index contributed by atoms with van der Waals surface area (Å²) in [6.45, 7) is 14.7. The average Bonchev–Trinajstić information content (AvgIpc) is 3.60. The Hall–Kier alpha value is -4.37. The van der Waals surface area contributed by atoms with Crippen LogP contribution in [0.3, 0.4) is 0 Å². The van der Waals surface area contributed by atoms with Crippen molar-refractivity contribution < 1.29 is 19.5 Å². The van der Waals surface area contributed by atoms with E-state index in [9.17, 15) is 19.5 Å². The van der Waals surface area contributed by atoms with Crippen LogP contribution in [0.5, 0.6) is 0 Å². The normalized spacial score (nSPS) is 17.8. The molecule has 2 aromatic heterocycles. The minimum absolute atomic E-state index is 0.112. The monoisotopic (exact) mass is 694 g/mol. The summed E-state index contributed by atoms with van der Waals surface area (Å²) >= 11 is 1.38. The molecule has 2 aromatic carbocycles. The molecule has 1 fully saturated rings. The van der Waals surface area contributed by atoms with Crippen LogP contribution in [0.4, 0.5) is 0 Å². The molecule has 5 rings (SSSR count). The summed E-state index contributed by atoms with van der Waals surface area (Å²) in [6.07, 6.45) is 8.94. The van der Waals surface area contributed by atoms with Gasteiger partial charge in [0.2, 0.25) is 5.91 Å². The fourth-order valence-electron chi connectivity index (χ4n) is 6.57.